The highest BCUT2D eigenvalue weighted by molar-refractivity contribution is 7.81. The van der Waals surface area contributed by atoms with Crippen LogP contribution in [0, 0.1) is 13.8 Å². The zero-order valence-electron chi connectivity index (χ0n) is 23.0. The van der Waals surface area contributed by atoms with Crippen molar-refractivity contribution in [3.63, 3.8) is 0 Å². The molecule has 1 amide bonds. The Morgan fingerprint density at radius 2 is 1.65 bits per heavy atom. The van der Waals surface area contributed by atoms with Gasteiger partial charge in [0.25, 0.3) is 17.2 Å². The van der Waals surface area contributed by atoms with Gasteiger partial charge in [-0.15, -0.1) is 0 Å². The van der Waals surface area contributed by atoms with E-state index in [0.717, 1.165) is 46.0 Å². The highest BCUT2D eigenvalue weighted by atomic mass is 32.2. The molecule has 0 saturated carbocycles. The summed E-state index contributed by atoms with van der Waals surface area (Å²) >= 11 is -2.54. The van der Waals surface area contributed by atoms with Crippen LogP contribution in [0.2, 0.25) is 0 Å². The lowest BCUT2D eigenvalue weighted by atomic mass is 10.0. The Kier molecular flexibility index (Phi) is 8.24. The number of fused-ring (bicyclic) bond motifs is 1. The van der Waals surface area contributed by atoms with Crippen molar-refractivity contribution in [3.05, 3.63) is 119 Å². The topological polar surface area (TPSA) is 75.4 Å². The fraction of sp³-hybridized carbons (Fsp3) is 0.212. The molecular weight excluding hydrogens is 518 g/mol. The van der Waals surface area contributed by atoms with Crippen LogP contribution in [-0.2, 0) is 24.2 Å². The van der Waals surface area contributed by atoms with Crippen molar-refractivity contribution in [1.82, 2.24) is 9.55 Å². The summed E-state index contributed by atoms with van der Waals surface area (Å²) in [7, 11) is 0. The zero-order chi connectivity index (χ0) is 28.2. The second kappa shape index (κ2) is 12.0. The first-order valence-electron chi connectivity index (χ1n) is 13.5. The Labute approximate surface area is 237 Å². The van der Waals surface area contributed by atoms with Crippen LogP contribution < -0.4 is 4.31 Å². The maximum atomic E-state index is 13.2. The number of aryl methyl sites for hydroxylation is 3. The van der Waals surface area contributed by atoms with E-state index >= 15 is 0 Å². The molecule has 1 N–H and O–H groups in total. The molecule has 0 aliphatic heterocycles. The molecule has 0 spiro atoms. The Bertz CT molecular complexity index is 1680. The first-order chi connectivity index (χ1) is 19.4. The summed E-state index contributed by atoms with van der Waals surface area (Å²) in [4.78, 5) is 18.1. The minimum Gasteiger partial charge on any atom is -0.325 e. The van der Waals surface area contributed by atoms with Crippen LogP contribution in [0.5, 0.6) is 0 Å². The Hall–Kier alpha value is -4.07. The van der Waals surface area contributed by atoms with E-state index in [1.807, 2.05) is 31.2 Å². The number of hydrogen-bond acceptors (Lipinski definition) is 3. The average molecular weight is 552 g/mol. The maximum absolute atomic E-state index is 13.2. The molecule has 204 valence electrons. The number of anilines is 1. The highest BCUT2D eigenvalue weighted by Crippen LogP contribution is 2.33. The van der Waals surface area contributed by atoms with Crippen molar-refractivity contribution in [2.24, 2.45) is 0 Å². The number of benzene rings is 3. The molecule has 1 atom stereocenters. The molecule has 5 aromatic rings. The molecule has 40 heavy (non-hydrogen) atoms. The molecule has 0 fully saturated rings. The van der Waals surface area contributed by atoms with Crippen molar-refractivity contribution < 1.29 is 13.6 Å². The number of aromatic nitrogens is 2. The Morgan fingerprint density at radius 1 is 0.950 bits per heavy atom. The van der Waals surface area contributed by atoms with Gasteiger partial charge in [0.2, 0.25) is 0 Å². The van der Waals surface area contributed by atoms with Crippen LogP contribution in [0.15, 0.2) is 91.0 Å². The third-order valence-electron chi connectivity index (χ3n) is 7.16. The van der Waals surface area contributed by atoms with Gasteiger partial charge < -0.3 is 4.57 Å². The van der Waals surface area contributed by atoms with E-state index < -0.39 is 17.2 Å². The van der Waals surface area contributed by atoms with Gasteiger partial charge in [-0.1, -0.05) is 74.0 Å². The molecule has 2 aromatic heterocycles. The molecule has 2 heterocycles. The minimum absolute atomic E-state index is 0.340. The summed E-state index contributed by atoms with van der Waals surface area (Å²) in [6, 6.07) is 28.3. The molecule has 3 aromatic carbocycles. The average Bonchev–Trinajstić information content (AvgIpc) is 3.30. The molecule has 0 aliphatic rings. The van der Waals surface area contributed by atoms with Crippen molar-refractivity contribution in [2.45, 2.75) is 46.6 Å². The van der Waals surface area contributed by atoms with Gasteiger partial charge >= 0.3 is 0 Å². The van der Waals surface area contributed by atoms with Gasteiger partial charge in [0.05, 0.1) is 5.69 Å². The smallest absolute Gasteiger partial charge is 0.272 e. The number of amides is 1. The van der Waals surface area contributed by atoms with Crippen LogP contribution in [0.4, 0.5) is 5.69 Å². The van der Waals surface area contributed by atoms with Crippen molar-refractivity contribution in [1.29, 1.82) is 0 Å². The lowest BCUT2D eigenvalue weighted by Crippen LogP contribution is -2.32. The van der Waals surface area contributed by atoms with Crippen molar-refractivity contribution >= 4 is 33.9 Å². The summed E-state index contributed by atoms with van der Waals surface area (Å²) in [6.07, 6.45) is 3.25. The van der Waals surface area contributed by atoms with E-state index in [4.69, 9.17) is 4.98 Å². The maximum Gasteiger partial charge on any atom is 0.272 e. The van der Waals surface area contributed by atoms with Gasteiger partial charge in [0, 0.05) is 34.4 Å². The second-order valence-electron chi connectivity index (χ2n) is 10.1. The van der Waals surface area contributed by atoms with E-state index in [1.165, 1.54) is 16.6 Å². The summed E-state index contributed by atoms with van der Waals surface area (Å²) in [5.41, 5.74) is 7.93. The quantitative estimate of drug-likeness (QED) is 0.193. The third-order valence-corrected chi connectivity index (χ3v) is 7.84. The van der Waals surface area contributed by atoms with Gasteiger partial charge in [0.15, 0.2) is 0 Å². The molecule has 0 bridgehead atoms. The van der Waals surface area contributed by atoms with E-state index in [2.05, 4.69) is 42.7 Å². The lowest BCUT2D eigenvalue weighted by molar-refractivity contribution is 0.100. The van der Waals surface area contributed by atoms with E-state index in [9.17, 15) is 13.6 Å². The second-order valence-corrected chi connectivity index (χ2v) is 10.9. The first-order valence-corrected chi connectivity index (χ1v) is 14.6. The molecule has 0 radical (unpaired) electrons. The summed E-state index contributed by atoms with van der Waals surface area (Å²) in [6.45, 7) is 7.08. The Morgan fingerprint density at radius 3 is 2.35 bits per heavy atom. The van der Waals surface area contributed by atoms with E-state index in [-0.39, 0.29) is 0 Å². The molecule has 5 rings (SSSR count). The number of pyridine rings is 1. The number of carbonyl (C=O) groups is 1. The minimum atomic E-state index is -2.54. The van der Waals surface area contributed by atoms with Crippen molar-refractivity contribution in [2.75, 3.05) is 4.31 Å². The SMILES string of the molecule is CCCCc1cc2c(C)cc(C)nc2n1Cc1ccc(-c2ccccc2N(C(=O)c2ccccc2)S(=O)O)cc1. The third kappa shape index (κ3) is 5.62. The number of para-hydroxylation sites is 1. The number of hydrogen-bond donors (Lipinski definition) is 1. The fourth-order valence-electron chi connectivity index (χ4n) is 5.16. The molecule has 1 unspecified atom stereocenters. The van der Waals surface area contributed by atoms with E-state index in [1.54, 1.807) is 42.5 Å². The number of carbonyl (C=O) groups excluding carboxylic acids is 1. The van der Waals surface area contributed by atoms with Gasteiger partial charge in [-0.3, -0.25) is 9.35 Å². The fourth-order valence-corrected chi connectivity index (χ4v) is 5.74. The Balaban J connectivity index is 1.49. The monoisotopic (exact) mass is 551 g/mol. The number of unbranched alkanes of at least 4 members (excludes halogenated alkanes) is 1. The summed E-state index contributed by atoms with van der Waals surface area (Å²) in [5.74, 6) is -0.539. The largest absolute Gasteiger partial charge is 0.325 e. The van der Waals surface area contributed by atoms with Crippen LogP contribution in [0.1, 0.15) is 52.6 Å². The first kappa shape index (κ1) is 27.5. The normalized spacial score (nSPS) is 12.0. The van der Waals surface area contributed by atoms with Gasteiger partial charge in [0.1, 0.15) is 5.65 Å². The molecule has 6 nitrogen and oxygen atoms in total. The van der Waals surface area contributed by atoms with E-state index in [0.29, 0.717) is 23.4 Å². The van der Waals surface area contributed by atoms with Crippen LogP contribution in [-0.4, -0.2) is 24.2 Å². The summed E-state index contributed by atoms with van der Waals surface area (Å²) < 4.78 is 25.8. The zero-order valence-corrected chi connectivity index (χ0v) is 23.8. The molecule has 0 saturated heterocycles. The lowest BCUT2D eigenvalue weighted by Gasteiger charge is -2.21. The molecule has 0 aliphatic carbocycles. The highest BCUT2D eigenvalue weighted by Gasteiger charge is 2.25. The van der Waals surface area contributed by atoms with Gasteiger partial charge in [-0.05, 0) is 73.7 Å². The van der Waals surface area contributed by atoms with Gasteiger partial charge in [-0.2, -0.15) is 0 Å². The van der Waals surface area contributed by atoms with Crippen LogP contribution in [0.3, 0.4) is 0 Å². The number of rotatable bonds is 9. The van der Waals surface area contributed by atoms with Crippen molar-refractivity contribution in [3.8, 4) is 11.1 Å². The predicted molar refractivity (Wildman–Crippen MR) is 163 cm³/mol. The summed E-state index contributed by atoms with van der Waals surface area (Å²) in [5, 5.41) is 1.20. The predicted octanol–water partition coefficient (Wildman–Crippen LogP) is 7.49. The molecular formula is C33H33N3O3S. The molecule has 7 heteroatoms. The van der Waals surface area contributed by atoms with Crippen LogP contribution >= 0.6 is 0 Å². The standard InChI is InChI=1S/C33H33N3O3S/c1-4-5-13-28-21-30-23(2)20-24(3)34-32(30)35(28)22-25-16-18-26(19-17-25)29-14-9-10-15-31(29)36(40(38)39)33(37)27-11-7-6-8-12-27/h6-12,14-21H,4-5,13,22H2,1-3H3,(H,38,39). The number of nitrogens with zero attached hydrogens (tertiary/aromatic N) is 3. The van der Waals surface area contributed by atoms with Gasteiger partial charge in [-0.25, -0.2) is 13.5 Å². The van der Waals surface area contributed by atoms with Crippen LogP contribution in [0.25, 0.3) is 22.2 Å².